The van der Waals surface area contributed by atoms with Crippen LogP contribution in [0.1, 0.15) is 67.8 Å². The van der Waals surface area contributed by atoms with Crippen LogP contribution in [0.15, 0.2) is 42.6 Å². The monoisotopic (exact) mass is 412 g/mol. The zero-order chi connectivity index (χ0) is 22.1. The van der Waals surface area contributed by atoms with E-state index < -0.39 is 0 Å². The summed E-state index contributed by atoms with van der Waals surface area (Å²) in [7, 11) is 0. The average Bonchev–Trinajstić information content (AvgIpc) is 3.01. The van der Waals surface area contributed by atoms with Crippen LogP contribution in [0.5, 0.6) is 0 Å². The SMILES string of the molecule is C=C(/C=C\C)Nc1nc2ccc(CN(CCC(C)C)CCC(C)C)cc2n1CCC.[HH]. The second-order valence-corrected chi connectivity index (χ2v) is 9.20. The second-order valence-electron chi connectivity index (χ2n) is 9.20. The number of benzene rings is 1. The number of imidazole rings is 1. The third-order valence-electron chi connectivity index (χ3n) is 5.35. The molecule has 168 valence electrons. The minimum atomic E-state index is 0. The van der Waals surface area contributed by atoms with Crippen molar-refractivity contribution in [1.82, 2.24) is 14.5 Å². The van der Waals surface area contributed by atoms with Gasteiger partial charge in [0.15, 0.2) is 0 Å². The summed E-state index contributed by atoms with van der Waals surface area (Å²) in [6, 6.07) is 6.75. The Labute approximate surface area is 185 Å². The van der Waals surface area contributed by atoms with Crippen molar-refractivity contribution in [3.05, 3.63) is 48.2 Å². The number of nitrogens with zero attached hydrogens (tertiary/aromatic N) is 3. The molecule has 1 aromatic carbocycles. The van der Waals surface area contributed by atoms with E-state index >= 15 is 0 Å². The molecule has 0 saturated heterocycles. The van der Waals surface area contributed by atoms with Crippen molar-refractivity contribution < 1.29 is 1.43 Å². The molecule has 0 atom stereocenters. The van der Waals surface area contributed by atoms with E-state index in [9.17, 15) is 0 Å². The molecule has 30 heavy (non-hydrogen) atoms. The molecule has 0 fully saturated rings. The molecule has 4 heteroatoms. The van der Waals surface area contributed by atoms with Gasteiger partial charge in [0, 0.05) is 20.2 Å². The van der Waals surface area contributed by atoms with E-state index in [2.05, 4.69) is 74.2 Å². The minimum absolute atomic E-state index is 0. The van der Waals surface area contributed by atoms with Gasteiger partial charge < -0.3 is 9.88 Å². The van der Waals surface area contributed by atoms with Crippen LogP contribution >= 0.6 is 0 Å². The first-order valence-corrected chi connectivity index (χ1v) is 11.6. The Balaban J connectivity index is 0.00000480. The number of aryl methyl sites for hydroxylation is 1. The van der Waals surface area contributed by atoms with Crippen LogP contribution in [0, 0.1) is 11.8 Å². The first kappa shape index (κ1) is 24.2. The average molecular weight is 413 g/mol. The summed E-state index contributed by atoms with van der Waals surface area (Å²) in [6.45, 7) is 21.8. The maximum Gasteiger partial charge on any atom is 0.208 e. The van der Waals surface area contributed by atoms with E-state index in [4.69, 9.17) is 4.98 Å². The number of allylic oxidation sites excluding steroid dienone is 2. The third kappa shape index (κ3) is 7.32. The maximum atomic E-state index is 4.84. The Bertz CT molecular complexity index is 823. The lowest BCUT2D eigenvalue weighted by atomic mass is 10.1. The standard InChI is InChI=1S/C26H42N4.H2/c1-8-10-22(7)27-26-28-24-12-11-23(18-25(24)30(26)15-9-2)19-29(16-13-20(3)4)17-14-21(5)6;/h8,10-12,18,20-21H,7,9,13-17,19H2,1-6H3,(H,27,28);1H/b10-8-;. The molecule has 0 aliphatic rings. The number of hydrogen-bond donors (Lipinski definition) is 1. The van der Waals surface area contributed by atoms with Crippen molar-refractivity contribution in [2.24, 2.45) is 11.8 Å². The zero-order valence-electron chi connectivity index (χ0n) is 20.0. The molecule has 0 aliphatic heterocycles. The van der Waals surface area contributed by atoms with E-state index in [-0.39, 0.29) is 1.43 Å². The fourth-order valence-corrected chi connectivity index (χ4v) is 3.61. The Morgan fingerprint density at radius 3 is 2.43 bits per heavy atom. The molecule has 1 N–H and O–H groups in total. The van der Waals surface area contributed by atoms with Crippen LogP contribution in [0.25, 0.3) is 11.0 Å². The van der Waals surface area contributed by atoms with Gasteiger partial charge >= 0.3 is 0 Å². The van der Waals surface area contributed by atoms with Gasteiger partial charge in [-0.1, -0.05) is 53.3 Å². The molecule has 0 amide bonds. The molecule has 2 aromatic rings. The van der Waals surface area contributed by atoms with E-state index in [1.54, 1.807) is 0 Å². The van der Waals surface area contributed by atoms with E-state index in [1.165, 1.54) is 23.9 Å². The number of fused-ring (bicyclic) bond motifs is 1. The van der Waals surface area contributed by atoms with Crippen molar-refractivity contribution in [3.63, 3.8) is 0 Å². The molecule has 0 bridgehead atoms. The first-order valence-electron chi connectivity index (χ1n) is 11.6. The summed E-state index contributed by atoms with van der Waals surface area (Å²) in [6.07, 6.45) is 7.52. The fourth-order valence-electron chi connectivity index (χ4n) is 3.61. The van der Waals surface area contributed by atoms with Gasteiger partial charge in [0.05, 0.1) is 11.0 Å². The molecule has 0 radical (unpaired) electrons. The Kier molecular flexibility index (Phi) is 9.64. The highest BCUT2D eigenvalue weighted by atomic mass is 15.2. The molecule has 0 saturated carbocycles. The lowest BCUT2D eigenvalue weighted by molar-refractivity contribution is 0.236. The van der Waals surface area contributed by atoms with Gasteiger partial charge in [-0.05, 0) is 74.9 Å². The number of nitrogens with one attached hydrogen (secondary N) is 1. The van der Waals surface area contributed by atoms with Crippen LogP contribution in [-0.4, -0.2) is 27.5 Å². The van der Waals surface area contributed by atoms with Crippen molar-refractivity contribution in [1.29, 1.82) is 0 Å². The largest absolute Gasteiger partial charge is 0.326 e. The van der Waals surface area contributed by atoms with Crippen LogP contribution in [0.3, 0.4) is 0 Å². The molecule has 0 aliphatic carbocycles. The summed E-state index contributed by atoms with van der Waals surface area (Å²) in [5.74, 6) is 2.35. The molecule has 4 nitrogen and oxygen atoms in total. The highest BCUT2D eigenvalue weighted by Crippen LogP contribution is 2.24. The summed E-state index contributed by atoms with van der Waals surface area (Å²) < 4.78 is 2.29. The normalized spacial score (nSPS) is 12.2. The van der Waals surface area contributed by atoms with Gasteiger partial charge in [-0.25, -0.2) is 4.98 Å². The lowest BCUT2D eigenvalue weighted by Gasteiger charge is -2.24. The number of aromatic nitrogens is 2. The van der Waals surface area contributed by atoms with Gasteiger partial charge in [-0.2, -0.15) is 0 Å². The summed E-state index contributed by atoms with van der Waals surface area (Å²) in [4.78, 5) is 7.46. The maximum absolute atomic E-state index is 4.84. The molecular formula is C26H44N4. The van der Waals surface area contributed by atoms with Crippen LogP contribution in [0.2, 0.25) is 0 Å². The van der Waals surface area contributed by atoms with E-state index in [0.29, 0.717) is 0 Å². The molecule has 1 heterocycles. The third-order valence-corrected chi connectivity index (χ3v) is 5.35. The first-order chi connectivity index (χ1) is 14.3. The van der Waals surface area contributed by atoms with E-state index in [1.807, 2.05) is 19.1 Å². The Morgan fingerprint density at radius 2 is 1.87 bits per heavy atom. The molecular weight excluding hydrogens is 368 g/mol. The quantitative estimate of drug-likeness (QED) is 0.357. The topological polar surface area (TPSA) is 33.1 Å². The zero-order valence-corrected chi connectivity index (χ0v) is 20.0. The van der Waals surface area contributed by atoms with Crippen LogP contribution in [-0.2, 0) is 13.1 Å². The summed E-state index contributed by atoms with van der Waals surface area (Å²) >= 11 is 0. The summed E-state index contributed by atoms with van der Waals surface area (Å²) in [5.41, 5.74) is 4.47. The highest BCUT2D eigenvalue weighted by molar-refractivity contribution is 5.80. The molecule has 0 spiro atoms. The van der Waals surface area contributed by atoms with E-state index in [0.717, 1.165) is 61.6 Å². The van der Waals surface area contributed by atoms with Gasteiger partial charge in [-0.15, -0.1) is 0 Å². The smallest absolute Gasteiger partial charge is 0.208 e. The van der Waals surface area contributed by atoms with Crippen molar-refractivity contribution in [2.75, 3.05) is 18.4 Å². The molecule has 2 rings (SSSR count). The van der Waals surface area contributed by atoms with Crippen LogP contribution < -0.4 is 5.32 Å². The lowest BCUT2D eigenvalue weighted by Crippen LogP contribution is -2.27. The van der Waals surface area contributed by atoms with Gasteiger partial charge in [0.25, 0.3) is 0 Å². The van der Waals surface area contributed by atoms with Gasteiger partial charge in [0.1, 0.15) is 0 Å². The highest BCUT2D eigenvalue weighted by Gasteiger charge is 2.13. The summed E-state index contributed by atoms with van der Waals surface area (Å²) in [5, 5.41) is 3.37. The predicted octanol–water partition coefficient (Wildman–Crippen LogP) is 7.09. The van der Waals surface area contributed by atoms with Crippen molar-refractivity contribution >= 4 is 17.0 Å². The number of hydrogen-bond acceptors (Lipinski definition) is 3. The van der Waals surface area contributed by atoms with Gasteiger partial charge in [0.2, 0.25) is 5.95 Å². The fraction of sp³-hybridized carbons (Fsp3) is 0.577. The molecule has 1 aromatic heterocycles. The number of rotatable bonds is 13. The number of anilines is 1. The van der Waals surface area contributed by atoms with Gasteiger partial charge in [-0.3, -0.25) is 4.90 Å². The van der Waals surface area contributed by atoms with Crippen LogP contribution in [0.4, 0.5) is 5.95 Å². The second kappa shape index (κ2) is 11.9. The van der Waals surface area contributed by atoms with Crippen molar-refractivity contribution in [2.45, 2.75) is 73.9 Å². The molecule has 0 unspecified atom stereocenters. The Hall–Kier alpha value is -2.07. The Morgan fingerprint density at radius 1 is 1.20 bits per heavy atom. The van der Waals surface area contributed by atoms with Crippen molar-refractivity contribution in [3.8, 4) is 0 Å². The predicted molar refractivity (Wildman–Crippen MR) is 134 cm³/mol. The minimum Gasteiger partial charge on any atom is -0.326 e.